The maximum Gasteiger partial charge on any atom is 0.0226 e. The van der Waals surface area contributed by atoms with E-state index in [2.05, 4.69) is 51.1 Å². The number of hydrogen-bond donors (Lipinski definition) is 1. The van der Waals surface area contributed by atoms with Crippen LogP contribution in [-0.2, 0) is 11.8 Å². The Kier molecular flexibility index (Phi) is 3.91. The summed E-state index contributed by atoms with van der Waals surface area (Å²) in [5.74, 6) is 0. The van der Waals surface area contributed by atoms with Gasteiger partial charge >= 0.3 is 0 Å². The zero-order valence-electron chi connectivity index (χ0n) is 11.9. The lowest BCUT2D eigenvalue weighted by atomic mass is 9.85. The summed E-state index contributed by atoms with van der Waals surface area (Å²) in [4.78, 5) is 0. The lowest BCUT2D eigenvalue weighted by Gasteiger charge is -2.20. The van der Waals surface area contributed by atoms with E-state index in [9.17, 15) is 0 Å². The van der Waals surface area contributed by atoms with Crippen molar-refractivity contribution in [2.24, 2.45) is 5.73 Å². The van der Waals surface area contributed by atoms with Crippen molar-refractivity contribution in [2.45, 2.75) is 57.9 Å². The first-order valence-electron chi connectivity index (χ1n) is 7.00. The summed E-state index contributed by atoms with van der Waals surface area (Å²) in [6.45, 7) is 6.76. The lowest BCUT2D eigenvalue weighted by Crippen LogP contribution is -2.20. The average molecular weight is 243 g/mol. The molecule has 0 fully saturated rings. The molecule has 0 aliphatic heterocycles. The van der Waals surface area contributed by atoms with Crippen molar-refractivity contribution in [3.8, 4) is 0 Å². The molecular formula is C17H25N. The second-order valence-corrected chi connectivity index (χ2v) is 6.50. The van der Waals surface area contributed by atoms with Gasteiger partial charge in [-0.05, 0) is 42.2 Å². The van der Waals surface area contributed by atoms with Gasteiger partial charge in [0.05, 0.1) is 0 Å². The van der Waals surface area contributed by atoms with Gasteiger partial charge in [-0.2, -0.15) is 0 Å². The van der Waals surface area contributed by atoms with Crippen LogP contribution in [0.4, 0.5) is 0 Å². The Labute approximate surface area is 111 Å². The Morgan fingerprint density at radius 2 is 1.83 bits per heavy atom. The van der Waals surface area contributed by atoms with Gasteiger partial charge in [-0.25, -0.2) is 0 Å². The van der Waals surface area contributed by atoms with Gasteiger partial charge < -0.3 is 5.73 Å². The van der Waals surface area contributed by atoms with Crippen LogP contribution in [0.15, 0.2) is 35.9 Å². The summed E-state index contributed by atoms with van der Waals surface area (Å²) in [5.41, 5.74) is 10.5. The van der Waals surface area contributed by atoms with E-state index in [-0.39, 0.29) is 11.5 Å². The van der Waals surface area contributed by atoms with Crippen molar-refractivity contribution in [2.75, 3.05) is 0 Å². The number of rotatable bonds is 2. The molecule has 1 nitrogen and oxygen atoms in total. The van der Waals surface area contributed by atoms with Gasteiger partial charge in [0.2, 0.25) is 0 Å². The van der Waals surface area contributed by atoms with E-state index in [4.69, 9.17) is 5.73 Å². The molecule has 0 bridgehead atoms. The van der Waals surface area contributed by atoms with E-state index in [1.807, 2.05) is 0 Å². The molecule has 0 radical (unpaired) electrons. The van der Waals surface area contributed by atoms with Crippen molar-refractivity contribution in [1.82, 2.24) is 0 Å². The predicted molar refractivity (Wildman–Crippen MR) is 78.8 cm³/mol. The van der Waals surface area contributed by atoms with Crippen LogP contribution >= 0.6 is 0 Å². The molecule has 1 aromatic rings. The zero-order valence-corrected chi connectivity index (χ0v) is 11.9. The number of benzene rings is 1. The fourth-order valence-corrected chi connectivity index (χ4v) is 2.57. The Balaban J connectivity index is 2.07. The first-order valence-corrected chi connectivity index (χ1v) is 7.00. The highest BCUT2D eigenvalue weighted by Crippen LogP contribution is 2.24. The van der Waals surface area contributed by atoms with Crippen LogP contribution in [0.25, 0.3) is 0 Å². The first kappa shape index (κ1) is 13.4. The molecule has 1 heteroatoms. The summed E-state index contributed by atoms with van der Waals surface area (Å²) in [6.07, 6.45) is 6.94. The van der Waals surface area contributed by atoms with Gasteiger partial charge in [0.1, 0.15) is 0 Å². The fraction of sp³-hybridized carbons (Fsp3) is 0.529. The maximum atomic E-state index is 5.98. The van der Waals surface area contributed by atoms with Crippen molar-refractivity contribution in [3.63, 3.8) is 0 Å². The summed E-state index contributed by atoms with van der Waals surface area (Å²) in [6, 6.07) is 9.34. The Hall–Kier alpha value is -1.08. The molecule has 98 valence electrons. The average Bonchev–Trinajstić information content (AvgIpc) is 2.28. The van der Waals surface area contributed by atoms with Crippen molar-refractivity contribution < 1.29 is 0 Å². The second-order valence-electron chi connectivity index (χ2n) is 6.50. The molecule has 0 heterocycles. The molecule has 0 aromatic heterocycles. The summed E-state index contributed by atoms with van der Waals surface area (Å²) in [5, 5.41) is 0. The molecule has 1 aliphatic rings. The van der Waals surface area contributed by atoms with Crippen molar-refractivity contribution in [1.29, 1.82) is 0 Å². The number of allylic oxidation sites excluding steroid dienone is 1. The van der Waals surface area contributed by atoms with Gasteiger partial charge in [0.15, 0.2) is 0 Å². The standard InChI is InChI=1S/C17H25N/c1-17(2,3)15-9-7-13(8-10-15)11-14-5-4-6-16(18)12-14/h7-10,12,16H,4-6,11,18H2,1-3H3. The van der Waals surface area contributed by atoms with E-state index in [1.165, 1.54) is 29.5 Å². The Bertz CT molecular complexity index is 420. The molecule has 18 heavy (non-hydrogen) atoms. The normalized spacial score (nSPS) is 20.7. The van der Waals surface area contributed by atoms with Crippen LogP contribution in [0.2, 0.25) is 0 Å². The third-order valence-corrected chi connectivity index (χ3v) is 3.74. The van der Waals surface area contributed by atoms with Gasteiger partial charge in [-0.15, -0.1) is 0 Å². The highest BCUT2D eigenvalue weighted by molar-refractivity contribution is 5.30. The highest BCUT2D eigenvalue weighted by Gasteiger charge is 2.14. The predicted octanol–water partition coefficient (Wildman–Crippen LogP) is 3.96. The molecule has 0 amide bonds. The van der Waals surface area contributed by atoms with E-state index in [0.717, 1.165) is 12.8 Å². The minimum absolute atomic E-state index is 0.241. The van der Waals surface area contributed by atoms with E-state index in [0.29, 0.717) is 0 Å². The largest absolute Gasteiger partial charge is 0.324 e. The first-order chi connectivity index (χ1) is 8.45. The number of hydrogen-bond acceptors (Lipinski definition) is 1. The minimum atomic E-state index is 0.241. The second kappa shape index (κ2) is 5.27. The van der Waals surface area contributed by atoms with E-state index >= 15 is 0 Å². The topological polar surface area (TPSA) is 26.0 Å². The van der Waals surface area contributed by atoms with Gasteiger partial charge in [0, 0.05) is 6.04 Å². The molecular weight excluding hydrogens is 218 g/mol. The van der Waals surface area contributed by atoms with Gasteiger partial charge in [0.25, 0.3) is 0 Å². The molecule has 0 spiro atoms. The lowest BCUT2D eigenvalue weighted by molar-refractivity contribution is 0.590. The molecule has 0 saturated carbocycles. The fourth-order valence-electron chi connectivity index (χ4n) is 2.57. The van der Waals surface area contributed by atoms with Crippen LogP contribution in [0.5, 0.6) is 0 Å². The third kappa shape index (κ3) is 3.46. The smallest absolute Gasteiger partial charge is 0.0226 e. The quantitative estimate of drug-likeness (QED) is 0.782. The van der Waals surface area contributed by atoms with Crippen molar-refractivity contribution in [3.05, 3.63) is 47.0 Å². The maximum absolute atomic E-state index is 5.98. The van der Waals surface area contributed by atoms with Gasteiger partial charge in [-0.3, -0.25) is 0 Å². The van der Waals surface area contributed by atoms with Crippen LogP contribution < -0.4 is 5.73 Å². The molecule has 1 unspecified atom stereocenters. The van der Waals surface area contributed by atoms with Gasteiger partial charge in [-0.1, -0.05) is 56.7 Å². The van der Waals surface area contributed by atoms with Crippen LogP contribution in [0, 0.1) is 0 Å². The van der Waals surface area contributed by atoms with Crippen LogP contribution in [-0.4, -0.2) is 6.04 Å². The summed E-state index contributed by atoms with van der Waals surface area (Å²) < 4.78 is 0. The Morgan fingerprint density at radius 1 is 1.17 bits per heavy atom. The minimum Gasteiger partial charge on any atom is -0.324 e. The third-order valence-electron chi connectivity index (χ3n) is 3.74. The zero-order chi connectivity index (χ0) is 13.2. The summed E-state index contributed by atoms with van der Waals surface area (Å²) >= 11 is 0. The molecule has 1 aromatic carbocycles. The SMILES string of the molecule is CC(C)(C)c1ccc(CC2=CC(N)CCC2)cc1. The summed E-state index contributed by atoms with van der Waals surface area (Å²) in [7, 11) is 0. The van der Waals surface area contributed by atoms with E-state index < -0.39 is 0 Å². The molecule has 1 aliphatic carbocycles. The number of nitrogens with two attached hydrogens (primary N) is 1. The van der Waals surface area contributed by atoms with Crippen molar-refractivity contribution >= 4 is 0 Å². The molecule has 0 saturated heterocycles. The van der Waals surface area contributed by atoms with E-state index in [1.54, 1.807) is 0 Å². The molecule has 2 N–H and O–H groups in total. The molecule has 2 rings (SSSR count). The highest BCUT2D eigenvalue weighted by atomic mass is 14.6. The van der Waals surface area contributed by atoms with Crippen LogP contribution in [0.3, 0.4) is 0 Å². The van der Waals surface area contributed by atoms with Crippen LogP contribution in [0.1, 0.15) is 51.2 Å². The monoisotopic (exact) mass is 243 g/mol. The Morgan fingerprint density at radius 3 is 2.39 bits per heavy atom. The molecule has 1 atom stereocenters.